The number of benzene rings is 2. The van der Waals surface area contributed by atoms with Gasteiger partial charge in [-0.2, -0.15) is 4.99 Å². The van der Waals surface area contributed by atoms with Crippen LogP contribution in [-0.4, -0.2) is 23.6 Å². The summed E-state index contributed by atoms with van der Waals surface area (Å²) in [6.45, 7) is -0.0983. The number of esters is 1. The first-order valence-corrected chi connectivity index (χ1v) is 9.15. The van der Waals surface area contributed by atoms with Gasteiger partial charge in [-0.3, -0.25) is 14.4 Å². The maximum atomic E-state index is 12.7. The zero-order valence-electron chi connectivity index (χ0n) is 14.7. The second-order valence-corrected chi connectivity index (χ2v) is 6.92. The molecule has 4 aromatic rings. The standard InChI is InChI=1S/C20H14N2O5S/c1-26-17(23)10-22-14-7-3-5-9-16(14)28-20(22)21-19(25)13-11-27-15-8-4-2-6-12(15)18(13)24/h2-9,11H,10H2,1H3. The number of carbonyl (C=O) groups excluding carboxylic acids is 2. The van der Waals surface area contributed by atoms with Crippen LogP contribution in [0.3, 0.4) is 0 Å². The molecule has 0 aliphatic heterocycles. The van der Waals surface area contributed by atoms with Crippen LogP contribution in [0, 0.1) is 0 Å². The maximum absolute atomic E-state index is 12.7. The molecule has 0 aliphatic carbocycles. The summed E-state index contributed by atoms with van der Waals surface area (Å²) in [5.74, 6) is -1.20. The summed E-state index contributed by atoms with van der Waals surface area (Å²) < 4.78 is 12.6. The molecule has 0 unspecified atom stereocenters. The van der Waals surface area contributed by atoms with Crippen molar-refractivity contribution in [2.75, 3.05) is 7.11 Å². The number of rotatable bonds is 3. The predicted molar refractivity (Wildman–Crippen MR) is 104 cm³/mol. The average Bonchev–Trinajstić information content (AvgIpc) is 3.05. The fourth-order valence-corrected chi connectivity index (χ4v) is 3.85. The van der Waals surface area contributed by atoms with E-state index in [1.807, 2.05) is 24.3 Å². The number of thiazole rings is 1. The lowest BCUT2D eigenvalue weighted by Gasteiger charge is -2.03. The Morgan fingerprint density at radius 2 is 1.89 bits per heavy atom. The normalized spacial score (nSPS) is 11.8. The lowest BCUT2D eigenvalue weighted by molar-refractivity contribution is -0.141. The highest BCUT2D eigenvalue weighted by Crippen LogP contribution is 2.17. The monoisotopic (exact) mass is 394 g/mol. The Balaban J connectivity index is 1.87. The molecular weight excluding hydrogens is 380 g/mol. The van der Waals surface area contributed by atoms with E-state index in [1.54, 1.807) is 28.8 Å². The molecule has 7 nitrogen and oxygen atoms in total. The maximum Gasteiger partial charge on any atom is 0.325 e. The number of aromatic nitrogens is 1. The molecule has 0 saturated carbocycles. The van der Waals surface area contributed by atoms with Crippen molar-refractivity contribution < 1.29 is 18.7 Å². The molecule has 28 heavy (non-hydrogen) atoms. The third-order valence-electron chi connectivity index (χ3n) is 4.21. The van der Waals surface area contributed by atoms with Crippen LogP contribution in [0.25, 0.3) is 21.2 Å². The van der Waals surface area contributed by atoms with Crippen molar-refractivity contribution in [1.29, 1.82) is 0 Å². The van der Waals surface area contributed by atoms with Gasteiger partial charge in [-0.05, 0) is 24.3 Å². The molecule has 4 rings (SSSR count). The van der Waals surface area contributed by atoms with Crippen molar-refractivity contribution in [1.82, 2.24) is 4.57 Å². The van der Waals surface area contributed by atoms with Crippen LogP contribution in [0.1, 0.15) is 10.4 Å². The molecule has 2 aromatic heterocycles. The largest absolute Gasteiger partial charge is 0.468 e. The second kappa shape index (κ2) is 7.24. The van der Waals surface area contributed by atoms with Crippen LogP contribution in [0.4, 0.5) is 0 Å². The average molecular weight is 394 g/mol. The number of hydrogen-bond acceptors (Lipinski definition) is 6. The molecule has 0 fully saturated rings. The molecule has 0 atom stereocenters. The van der Waals surface area contributed by atoms with Gasteiger partial charge in [0.25, 0.3) is 5.91 Å². The van der Waals surface area contributed by atoms with Gasteiger partial charge in [0.2, 0.25) is 5.43 Å². The number of methoxy groups -OCH3 is 1. The summed E-state index contributed by atoms with van der Waals surface area (Å²) in [6, 6.07) is 14.0. The van der Waals surface area contributed by atoms with Crippen LogP contribution in [0.5, 0.6) is 0 Å². The SMILES string of the molecule is COC(=O)Cn1c(=NC(=O)c2coc3ccccc3c2=O)sc2ccccc21. The van der Waals surface area contributed by atoms with Crippen molar-refractivity contribution in [3.05, 3.63) is 75.4 Å². The second-order valence-electron chi connectivity index (χ2n) is 5.91. The minimum Gasteiger partial charge on any atom is -0.468 e. The Morgan fingerprint density at radius 3 is 2.71 bits per heavy atom. The van der Waals surface area contributed by atoms with Crippen molar-refractivity contribution >= 4 is 44.4 Å². The zero-order chi connectivity index (χ0) is 19.7. The Kier molecular flexibility index (Phi) is 4.62. The number of ether oxygens (including phenoxy) is 1. The summed E-state index contributed by atoms with van der Waals surface area (Å²) in [5, 5.41) is 0.308. The van der Waals surface area contributed by atoms with E-state index in [0.29, 0.717) is 15.8 Å². The van der Waals surface area contributed by atoms with E-state index in [4.69, 9.17) is 9.15 Å². The van der Waals surface area contributed by atoms with Crippen LogP contribution in [0.15, 0.2) is 69.0 Å². The lowest BCUT2D eigenvalue weighted by Crippen LogP contribution is -2.23. The predicted octanol–water partition coefficient (Wildman–Crippen LogP) is 2.72. The Labute approximate surface area is 162 Å². The van der Waals surface area contributed by atoms with Crippen LogP contribution in [-0.2, 0) is 16.1 Å². The number of nitrogens with zero attached hydrogens (tertiary/aromatic N) is 2. The van der Waals surface area contributed by atoms with Gasteiger partial charge in [0, 0.05) is 0 Å². The highest BCUT2D eigenvalue weighted by Gasteiger charge is 2.16. The molecular formula is C20H14N2O5S. The molecule has 140 valence electrons. The van der Waals surface area contributed by atoms with Crippen LogP contribution in [0.2, 0.25) is 0 Å². The van der Waals surface area contributed by atoms with Crippen molar-refractivity contribution in [2.45, 2.75) is 6.54 Å². The molecule has 2 heterocycles. The van der Waals surface area contributed by atoms with E-state index in [9.17, 15) is 14.4 Å². The number of fused-ring (bicyclic) bond motifs is 2. The first-order valence-electron chi connectivity index (χ1n) is 8.33. The number of para-hydroxylation sites is 2. The van der Waals surface area contributed by atoms with Gasteiger partial charge in [0.1, 0.15) is 24.0 Å². The van der Waals surface area contributed by atoms with Gasteiger partial charge in [-0.15, -0.1) is 0 Å². The van der Waals surface area contributed by atoms with Crippen LogP contribution >= 0.6 is 11.3 Å². The molecule has 0 bridgehead atoms. The third-order valence-corrected chi connectivity index (χ3v) is 5.27. The smallest absolute Gasteiger partial charge is 0.325 e. The molecule has 0 radical (unpaired) electrons. The summed E-state index contributed by atoms with van der Waals surface area (Å²) in [4.78, 5) is 41.5. The first kappa shape index (κ1) is 17.9. The summed E-state index contributed by atoms with van der Waals surface area (Å²) in [5.41, 5.74) is 0.527. The highest BCUT2D eigenvalue weighted by molar-refractivity contribution is 7.16. The number of amides is 1. The summed E-state index contributed by atoms with van der Waals surface area (Å²) >= 11 is 1.24. The van der Waals surface area contributed by atoms with Crippen LogP contribution < -0.4 is 10.2 Å². The Bertz CT molecular complexity index is 1350. The summed E-state index contributed by atoms with van der Waals surface area (Å²) in [7, 11) is 1.29. The van der Waals surface area contributed by atoms with E-state index < -0.39 is 17.3 Å². The number of carbonyl (C=O) groups is 2. The van der Waals surface area contributed by atoms with E-state index >= 15 is 0 Å². The zero-order valence-corrected chi connectivity index (χ0v) is 15.6. The minimum atomic E-state index is -0.732. The van der Waals surface area contributed by atoms with E-state index in [2.05, 4.69) is 4.99 Å². The third kappa shape index (κ3) is 3.14. The van der Waals surface area contributed by atoms with Gasteiger partial charge >= 0.3 is 5.97 Å². The van der Waals surface area contributed by atoms with E-state index in [0.717, 1.165) is 16.5 Å². The Hall–Kier alpha value is -3.52. The molecule has 0 aliphatic rings. The van der Waals surface area contributed by atoms with E-state index in [1.165, 1.54) is 18.4 Å². The highest BCUT2D eigenvalue weighted by atomic mass is 32.1. The fourth-order valence-electron chi connectivity index (χ4n) is 2.83. The fraction of sp³-hybridized carbons (Fsp3) is 0.100. The van der Waals surface area contributed by atoms with Gasteiger partial charge in [-0.25, -0.2) is 0 Å². The molecule has 2 aromatic carbocycles. The molecule has 0 spiro atoms. The number of hydrogen-bond donors (Lipinski definition) is 0. The Morgan fingerprint density at radius 1 is 1.14 bits per heavy atom. The first-order chi connectivity index (χ1) is 13.6. The van der Waals surface area contributed by atoms with E-state index in [-0.39, 0.29) is 12.1 Å². The van der Waals surface area contributed by atoms with Gasteiger partial charge in [0.15, 0.2) is 4.80 Å². The van der Waals surface area contributed by atoms with Crippen molar-refractivity contribution in [3.63, 3.8) is 0 Å². The topological polar surface area (TPSA) is 90.9 Å². The van der Waals surface area contributed by atoms with Gasteiger partial charge < -0.3 is 13.7 Å². The molecule has 0 saturated heterocycles. The van der Waals surface area contributed by atoms with Crippen molar-refractivity contribution in [3.8, 4) is 0 Å². The van der Waals surface area contributed by atoms with Gasteiger partial charge in [-0.1, -0.05) is 35.6 Å². The minimum absolute atomic E-state index is 0.0983. The van der Waals surface area contributed by atoms with Crippen molar-refractivity contribution in [2.24, 2.45) is 4.99 Å². The van der Waals surface area contributed by atoms with Gasteiger partial charge in [0.05, 0.1) is 22.7 Å². The molecule has 8 heteroatoms. The summed E-state index contributed by atoms with van der Waals surface area (Å²) in [6.07, 6.45) is 1.12. The molecule has 1 amide bonds. The quantitative estimate of drug-likeness (QED) is 0.498. The molecule has 0 N–H and O–H groups in total. The lowest BCUT2D eigenvalue weighted by atomic mass is 10.2.